The summed E-state index contributed by atoms with van der Waals surface area (Å²) in [6.45, 7) is 3.43. The second kappa shape index (κ2) is 10.3. The van der Waals surface area contributed by atoms with Crippen LogP contribution in [0.15, 0.2) is 42.6 Å². The molecule has 7 nitrogen and oxygen atoms in total. The van der Waals surface area contributed by atoms with Gasteiger partial charge < -0.3 is 19.9 Å². The van der Waals surface area contributed by atoms with E-state index in [0.717, 1.165) is 56.6 Å². The largest absolute Gasteiger partial charge is 0.378 e. The number of hydrogen-bond acceptors (Lipinski definition) is 5. The van der Waals surface area contributed by atoms with Gasteiger partial charge in [0.2, 0.25) is 5.91 Å². The number of amides is 2. The van der Waals surface area contributed by atoms with Crippen LogP contribution in [0.2, 0.25) is 5.02 Å². The van der Waals surface area contributed by atoms with Crippen molar-refractivity contribution in [3.63, 3.8) is 0 Å². The summed E-state index contributed by atoms with van der Waals surface area (Å²) in [6.07, 6.45) is 6.78. The minimum atomic E-state index is -0.458. The van der Waals surface area contributed by atoms with Gasteiger partial charge in [0.05, 0.1) is 13.2 Å². The number of nitrogens with zero attached hydrogens (tertiary/aromatic N) is 3. The molecule has 34 heavy (non-hydrogen) atoms. The van der Waals surface area contributed by atoms with Crippen molar-refractivity contribution in [2.45, 2.75) is 50.7 Å². The third-order valence-electron chi connectivity index (χ3n) is 7.31. The molecular formula is C26H31ClN4O3. The van der Waals surface area contributed by atoms with Gasteiger partial charge >= 0.3 is 0 Å². The van der Waals surface area contributed by atoms with E-state index in [1.807, 2.05) is 17.0 Å². The minimum Gasteiger partial charge on any atom is -0.378 e. The van der Waals surface area contributed by atoms with E-state index in [4.69, 9.17) is 16.3 Å². The predicted octanol–water partition coefficient (Wildman–Crippen LogP) is 3.66. The molecule has 180 valence electrons. The van der Waals surface area contributed by atoms with Crippen LogP contribution in [0.25, 0.3) is 0 Å². The molecule has 1 saturated carbocycles. The fourth-order valence-electron chi connectivity index (χ4n) is 5.60. The Labute approximate surface area is 205 Å². The monoisotopic (exact) mass is 482 g/mol. The number of nitrogens with one attached hydrogen (secondary N) is 1. The van der Waals surface area contributed by atoms with Gasteiger partial charge in [0.25, 0.3) is 5.91 Å². The summed E-state index contributed by atoms with van der Waals surface area (Å²) in [6, 6.07) is 10.6. The zero-order valence-electron chi connectivity index (χ0n) is 19.3. The smallest absolute Gasteiger partial charge is 0.254 e. The van der Waals surface area contributed by atoms with Gasteiger partial charge in [-0.25, -0.2) is 4.98 Å². The van der Waals surface area contributed by atoms with E-state index < -0.39 is 6.04 Å². The maximum Gasteiger partial charge on any atom is 0.254 e. The highest BCUT2D eigenvalue weighted by atomic mass is 35.5. The van der Waals surface area contributed by atoms with Crippen LogP contribution in [0.3, 0.4) is 0 Å². The summed E-state index contributed by atoms with van der Waals surface area (Å²) in [5, 5.41) is 3.63. The molecule has 2 saturated heterocycles. The first-order valence-electron chi connectivity index (χ1n) is 12.2. The molecule has 5 rings (SSSR count). The van der Waals surface area contributed by atoms with Crippen molar-refractivity contribution in [2.24, 2.45) is 5.92 Å². The van der Waals surface area contributed by atoms with Crippen LogP contribution in [0.5, 0.6) is 0 Å². The third-order valence-corrected chi connectivity index (χ3v) is 7.54. The van der Waals surface area contributed by atoms with Crippen molar-refractivity contribution in [3.8, 4) is 0 Å². The lowest BCUT2D eigenvalue weighted by atomic mass is 9.84. The Hall–Kier alpha value is -2.64. The number of halogens is 1. The van der Waals surface area contributed by atoms with Crippen molar-refractivity contribution in [1.29, 1.82) is 0 Å². The van der Waals surface area contributed by atoms with E-state index in [1.165, 1.54) is 0 Å². The molecule has 1 aromatic heterocycles. The molecule has 2 amide bonds. The Balaban J connectivity index is 1.30. The number of carbonyl (C=O) groups is 2. The van der Waals surface area contributed by atoms with Gasteiger partial charge in [-0.15, -0.1) is 0 Å². The zero-order valence-corrected chi connectivity index (χ0v) is 20.0. The van der Waals surface area contributed by atoms with Gasteiger partial charge in [-0.1, -0.05) is 30.5 Å². The molecule has 0 bridgehead atoms. The second-order valence-corrected chi connectivity index (χ2v) is 9.86. The lowest BCUT2D eigenvalue weighted by Gasteiger charge is -2.33. The second-order valence-electron chi connectivity index (χ2n) is 9.43. The van der Waals surface area contributed by atoms with Crippen LogP contribution in [-0.4, -0.2) is 60.1 Å². The highest BCUT2D eigenvalue weighted by Crippen LogP contribution is 2.40. The quantitative estimate of drug-likeness (QED) is 0.704. The number of ether oxygens (including phenoxy) is 1. The van der Waals surface area contributed by atoms with Crippen LogP contribution < -0.4 is 10.2 Å². The molecule has 3 atom stereocenters. The number of benzene rings is 1. The first kappa shape index (κ1) is 23.1. The van der Waals surface area contributed by atoms with Gasteiger partial charge in [-0.2, -0.15) is 0 Å². The Kier molecular flexibility index (Phi) is 7.02. The summed E-state index contributed by atoms with van der Waals surface area (Å²) in [4.78, 5) is 35.4. The molecule has 8 heteroatoms. The topological polar surface area (TPSA) is 74.8 Å². The number of fused-ring (bicyclic) bond motifs is 1. The van der Waals surface area contributed by atoms with E-state index in [-0.39, 0.29) is 17.9 Å². The van der Waals surface area contributed by atoms with E-state index >= 15 is 0 Å². The van der Waals surface area contributed by atoms with Gasteiger partial charge in [-0.05, 0) is 61.1 Å². The number of anilines is 1. The third kappa shape index (κ3) is 4.91. The van der Waals surface area contributed by atoms with Crippen LogP contribution in [0, 0.1) is 5.92 Å². The molecule has 3 unspecified atom stereocenters. The molecular weight excluding hydrogens is 452 g/mol. The molecule has 0 radical (unpaired) electrons. The average molecular weight is 483 g/mol. The lowest BCUT2D eigenvalue weighted by Crippen LogP contribution is -2.49. The molecule has 1 aliphatic carbocycles. The van der Waals surface area contributed by atoms with Gasteiger partial charge in [-0.3, -0.25) is 9.59 Å². The van der Waals surface area contributed by atoms with Crippen molar-refractivity contribution in [2.75, 3.05) is 31.2 Å². The van der Waals surface area contributed by atoms with Crippen LogP contribution >= 0.6 is 11.6 Å². The maximum absolute atomic E-state index is 13.5. The molecule has 3 fully saturated rings. The maximum atomic E-state index is 13.5. The Bertz CT molecular complexity index is 1040. The highest BCUT2D eigenvalue weighted by molar-refractivity contribution is 6.31. The first-order valence-corrected chi connectivity index (χ1v) is 12.6. The lowest BCUT2D eigenvalue weighted by molar-refractivity contribution is -0.125. The fraction of sp³-hybridized carbons (Fsp3) is 0.500. The van der Waals surface area contributed by atoms with Crippen molar-refractivity contribution in [1.82, 2.24) is 15.2 Å². The van der Waals surface area contributed by atoms with Gasteiger partial charge in [0.1, 0.15) is 11.9 Å². The molecule has 0 spiro atoms. The van der Waals surface area contributed by atoms with Crippen molar-refractivity contribution < 1.29 is 14.3 Å². The number of likely N-dealkylation sites (tertiary alicyclic amines) is 1. The van der Waals surface area contributed by atoms with E-state index in [1.54, 1.807) is 30.5 Å². The Morgan fingerprint density at radius 3 is 2.76 bits per heavy atom. The fourth-order valence-corrected chi connectivity index (χ4v) is 5.79. The predicted molar refractivity (Wildman–Crippen MR) is 131 cm³/mol. The van der Waals surface area contributed by atoms with Gasteiger partial charge in [0, 0.05) is 42.5 Å². The number of pyridine rings is 1. The number of aromatic nitrogens is 1. The first-order chi connectivity index (χ1) is 16.6. The summed E-state index contributed by atoms with van der Waals surface area (Å²) in [5.41, 5.74) is 1.54. The van der Waals surface area contributed by atoms with Crippen LogP contribution in [0.4, 0.5) is 5.82 Å². The SMILES string of the molecule is O=C(NCc1ccnc(N2CCOCC2)c1)C1CC2CCCCC2N1C(=O)c1cccc(Cl)c1. The van der Waals surface area contributed by atoms with E-state index in [9.17, 15) is 9.59 Å². The van der Waals surface area contributed by atoms with Crippen molar-refractivity contribution in [3.05, 3.63) is 58.7 Å². The summed E-state index contributed by atoms with van der Waals surface area (Å²) < 4.78 is 5.43. The summed E-state index contributed by atoms with van der Waals surface area (Å²) in [5.74, 6) is 1.09. The van der Waals surface area contributed by atoms with E-state index in [0.29, 0.717) is 36.3 Å². The summed E-state index contributed by atoms with van der Waals surface area (Å²) >= 11 is 6.15. The van der Waals surface area contributed by atoms with Gasteiger partial charge in [0.15, 0.2) is 0 Å². The molecule has 2 aliphatic heterocycles. The molecule has 1 aromatic carbocycles. The molecule has 3 aliphatic rings. The normalized spacial score (nSPS) is 24.6. The number of rotatable bonds is 5. The zero-order chi connectivity index (χ0) is 23.5. The molecule has 3 heterocycles. The molecule has 2 aromatic rings. The van der Waals surface area contributed by atoms with Crippen LogP contribution in [-0.2, 0) is 16.1 Å². The molecule has 1 N–H and O–H groups in total. The minimum absolute atomic E-state index is 0.0884. The van der Waals surface area contributed by atoms with Crippen LogP contribution in [0.1, 0.15) is 48.0 Å². The number of hydrogen-bond donors (Lipinski definition) is 1. The Morgan fingerprint density at radius 2 is 1.94 bits per heavy atom. The number of morpholine rings is 1. The Morgan fingerprint density at radius 1 is 1.12 bits per heavy atom. The highest BCUT2D eigenvalue weighted by Gasteiger charge is 2.47. The van der Waals surface area contributed by atoms with E-state index in [2.05, 4.69) is 15.2 Å². The standard InChI is InChI=1S/C26H31ClN4O3/c27-21-6-3-5-20(15-21)26(33)31-22-7-2-1-4-19(22)16-23(31)25(32)29-17-18-8-9-28-24(14-18)30-10-12-34-13-11-30/h3,5-6,8-9,14-15,19,22-23H,1-2,4,7,10-13,16-17H2,(H,29,32). The van der Waals surface area contributed by atoms with Crippen molar-refractivity contribution >= 4 is 29.2 Å². The summed E-state index contributed by atoms with van der Waals surface area (Å²) in [7, 11) is 0. The average Bonchev–Trinajstić information content (AvgIpc) is 3.27. The number of carbonyl (C=O) groups excluding carboxylic acids is 2.